The number of para-hydroxylation sites is 1. The number of ether oxygens (including phenoxy) is 2. The maximum atomic E-state index is 14.3. The van der Waals surface area contributed by atoms with Gasteiger partial charge in [-0.05, 0) is 86.8 Å². The minimum Gasteiger partial charge on any atom is -0.507 e. The van der Waals surface area contributed by atoms with Crippen LogP contribution < -0.4 is 25.6 Å². The Hall–Kier alpha value is -7.11. The molecule has 4 saturated heterocycles. The molecule has 19 heteroatoms. The molecule has 1 unspecified atom stereocenters. The maximum absolute atomic E-state index is 14.3. The first kappa shape index (κ1) is 52.0. The van der Waals surface area contributed by atoms with Gasteiger partial charge in [0.2, 0.25) is 17.7 Å². The molecule has 1 saturated carbocycles. The molecule has 5 N–H and O–H groups in total. The SMILES string of the molecule is Cc1ncsc1-c1ccc([C@H](C)NC(=O)[C@@H]2C[C@@H](O)CN2C(=O)[C@H](c2cc(C#CCN3CCC(OC4CC(Oc5cc(N6C7CC[C@@H]6CN(c6cc(-c8ccccc8O)nnc6N)C7)ccn5)C4)CC3)no2)C(C)C)cc1. The van der Waals surface area contributed by atoms with Gasteiger partial charge in [0.1, 0.15) is 23.8 Å². The molecular weight excluding hydrogens is 995 g/mol. The number of piperidine rings is 1. The first-order chi connectivity index (χ1) is 37.3. The fourth-order valence-electron chi connectivity index (χ4n) is 11.8. The van der Waals surface area contributed by atoms with Crippen LogP contribution >= 0.6 is 11.3 Å². The number of aromatic hydroxyl groups is 1. The number of hydrogen-bond acceptors (Lipinski definition) is 17. The lowest BCUT2D eigenvalue weighted by atomic mass is 9.91. The number of aliphatic hydroxyl groups is 1. The summed E-state index contributed by atoms with van der Waals surface area (Å²) in [6.45, 7) is 11.7. The number of carbonyl (C=O) groups excluding carboxylic acids is 2. The Kier molecular flexibility index (Phi) is 15.2. The molecule has 4 aromatic heterocycles. The number of phenolic OH excluding ortho intramolecular Hbond substituents is 1. The van der Waals surface area contributed by atoms with Crippen LogP contribution in [0, 0.1) is 24.7 Å². The average molecular weight is 1060 g/mol. The zero-order valence-corrected chi connectivity index (χ0v) is 44.8. The second-order valence-corrected chi connectivity index (χ2v) is 22.5. The Morgan fingerprint density at radius 3 is 2.40 bits per heavy atom. The van der Waals surface area contributed by atoms with Crippen molar-refractivity contribution in [3.05, 3.63) is 107 Å². The second-order valence-electron chi connectivity index (χ2n) is 21.7. The van der Waals surface area contributed by atoms with Gasteiger partial charge < -0.3 is 50.0 Å². The van der Waals surface area contributed by atoms with Gasteiger partial charge in [-0.15, -0.1) is 21.5 Å². The largest absolute Gasteiger partial charge is 0.507 e. The number of nitrogens with one attached hydrogen (secondary N) is 1. The van der Waals surface area contributed by atoms with E-state index < -0.39 is 18.1 Å². The number of pyridine rings is 1. The number of aliphatic hydroxyl groups excluding tert-OH is 1. The summed E-state index contributed by atoms with van der Waals surface area (Å²) >= 11 is 1.59. The predicted octanol–water partition coefficient (Wildman–Crippen LogP) is 7.13. The van der Waals surface area contributed by atoms with Gasteiger partial charge in [0.15, 0.2) is 17.3 Å². The van der Waals surface area contributed by atoms with Crippen molar-refractivity contribution in [3.8, 4) is 45.2 Å². The molecule has 6 atom stereocenters. The highest BCUT2D eigenvalue weighted by molar-refractivity contribution is 7.13. The maximum Gasteiger partial charge on any atom is 0.243 e. The second kappa shape index (κ2) is 22.5. The number of β-amino-alcohol motifs (C(OH)–C–C–N with tert-alkyl or cyclic N) is 1. The van der Waals surface area contributed by atoms with Crippen LogP contribution in [0.15, 0.2) is 89.0 Å². The molecule has 0 radical (unpaired) electrons. The number of fused-ring (bicyclic) bond motifs is 2. The molecule has 2 aromatic carbocycles. The number of aryl methyl sites for hydroxylation is 1. The van der Waals surface area contributed by atoms with Crippen molar-refractivity contribution in [2.24, 2.45) is 5.92 Å². The Morgan fingerprint density at radius 1 is 0.909 bits per heavy atom. The van der Waals surface area contributed by atoms with E-state index in [2.05, 4.69) is 69.3 Å². The number of carbonyl (C=O) groups is 2. The molecule has 77 heavy (non-hydrogen) atoms. The van der Waals surface area contributed by atoms with E-state index in [1.54, 1.807) is 29.5 Å². The standard InChI is InChI=1S/C58H67N11O7S/c1-34(2)54(58(73)68-32-43(70)26-50(68)57(72)62-35(3)37-11-13-38(14-12-37)55-36(4)61-33-77-55)52-24-39(65-76-52)8-7-21-66-22-18-44(19-23-66)74-45-27-46(28-45)75-53-25-40(17-20-60-53)69-41-15-16-42(69)31-67(30-41)49-29-48(63-64-56(49)59)47-9-5-6-10-51(47)71/h5-6,9-14,17,20,24-25,29,33-35,41-46,50,54,70-71H,15-16,18-19,21-23,26-28,30-32H2,1-4H3,(H2,59,64)(H,62,72)/t35-,41+,42?,43+,45?,46?,50-,54-/m0/s1. The molecule has 18 nitrogen and oxygen atoms in total. The van der Waals surface area contributed by atoms with Gasteiger partial charge in [0.25, 0.3) is 0 Å². The summed E-state index contributed by atoms with van der Waals surface area (Å²) in [5.41, 5.74) is 14.8. The Balaban J connectivity index is 0.616. The number of hydrogen-bond donors (Lipinski definition) is 4. The van der Waals surface area contributed by atoms with Crippen LogP contribution in [0.5, 0.6) is 11.6 Å². The molecule has 2 amide bonds. The molecule has 2 bridgehead atoms. The number of rotatable bonds is 15. The van der Waals surface area contributed by atoms with Crippen molar-refractivity contribution < 1.29 is 33.8 Å². The normalized spacial score (nSPS) is 23.3. The molecule has 4 aliphatic heterocycles. The van der Waals surface area contributed by atoms with Gasteiger partial charge in [0.05, 0.1) is 58.4 Å². The van der Waals surface area contributed by atoms with E-state index in [4.69, 9.17) is 19.7 Å². The van der Waals surface area contributed by atoms with Crippen molar-refractivity contribution >= 4 is 40.3 Å². The summed E-state index contributed by atoms with van der Waals surface area (Å²) in [6.07, 6.45) is 7.19. The highest BCUT2D eigenvalue weighted by Gasteiger charge is 2.44. The number of thiazole rings is 1. The van der Waals surface area contributed by atoms with Gasteiger partial charge >= 0.3 is 0 Å². The Bertz CT molecular complexity index is 3110. The zero-order valence-electron chi connectivity index (χ0n) is 44.0. The predicted molar refractivity (Wildman–Crippen MR) is 293 cm³/mol. The number of nitrogens with zero attached hydrogens (tertiary/aromatic N) is 9. The summed E-state index contributed by atoms with van der Waals surface area (Å²) in [6, 6.07) is 22.4. The summed E-state index contributed by atoms with van der Waals surface area (Å²) in [7, 11) is 0. The van der Waals surface area contributed by atoms with E-state index in [-0.39, 0.29) is 72.9 Å². The molecule has 5 fully saturated rings. The van der Waals surface area contributed by atoms with Crippen molar-refractivity contribution in [1.82, 2.24) is 40.4 Å². The summed E-state index contributed by atoms with van der Waals surface area (Å²) < 4.78 is 18.7. The number of amides is 2. The van der Waals surface area contributed by atoms with Gasteiger partial charge in [-0.1, -0.05) is 61.3 Å². The smallest absolute Gasteiger partial charge is 0.243 e. The Morgan fingerprint density at radius 2 is 1.68 bits per heavy atom. The molecular formula is C58H67N11O7S. The fraction of sp³-hybridized carbons (Fsp3) is 0.466. The van der Waals surface area contributed by atoms with Gasteiger partial charge in [0, 0.05) is 93.7 Å². The van der Waals surface area contributed by atoms with E-state index >= 15 is 0 Å². The summed E-state index contributed by atoms with van der Waals surface area (Å²) in [4.78, 5) is 46.7. The minimum atomic E-state index is -0.826. The average Bonchev–Trinajstić information content (AvgIpc) is 4.22. The van der Waals surface area contributed by atoms with Crippen molar-refractivity contribution in [2.45, 2.75) is 127 Å². The van der Waals surface area contributed by atoms with E-state index in [1.165, 1.54) is 4.90 Å². The first-order valence-electron chi connectivity index (χ1n) is 27.0. The van der Waals surface area contributed by atoms with Crippen LogP contribution in [0.25, 0.3) is 21.7 Å². The summed E-state index contributed by atoms with van der Waals surface area (Å²) in [5, 5.41) is 37.0. The number of phenols is 1. The lowest BCUT2D eigenvalue weighted by Crippen LogP contribution is -2.54. The van der Waals surface area contributed by atoms with Crippen LogP contribution in [0.3, 0.4) is 0 Å². The van der Waals surface area contributed by atoms with Crippen LogP contribution in [0.2, 0.25) is 0 Å². The monoisotopic (exact) mass is 1060 g/mol. The number of nitrogens with two attached hydrogens (primary N) is 1. The first-order valence-corrected chi connectivity index (χ1v) is 27.9. The lowest BCUT2D eigenvalue weighted by Gasteiger charge is -2.43. The number of nitrogen functional groups attached to an aromatic ring is 1. The van der Waals surface area contributed by atoms with Crippen LogP contribution in [-0.4, -0.2) is 139 Å². The lowest BCUT2D eigenvalue weighted by molar-refractivity contribution is -0.141. The van der Waals surface area contributed by atoms with E-state index in [1.807, 2.05) is 81.9 Å². The third kappa shape index (κ3) is 11.3. The number of aromatic nitrogens is 5. The van der Waals surface area contributed by atoms with Crippen molar-refractivity contribution in [1.29, 1.82) is 0 Å². The van der Waals surface area contributed by atoms with Crippen molar-refractivity contribution in [2.75, 3.05) is 54.8 Å². The zero-order chi connectivity index (χ0) is 53.3. The summed E-state index contributed by atoms with van der Waals surface area (Å²) in [5.74, 6) is 6.47. The number of anilines is 3. The highest BCUT2D eigenvalue weighted by atomic mass is 32.1. The molecule has 402 valence electrons. The van der Waals surface area contributed by atoms with Crippen LogP contribution in [0.4, 0.5) is 17.2 Å². The Labute approximate surface area is 453 Å². The van der Waals surface area contributed by atoms with E-state index in [9.17, 15) is 19.8 Å². The van der Waals surface area contributed by atoms with Crippen LogP contribution in [0.1, 0.15) is 100 Å². The van der Waals surface area contributed by atoms with Crippen LogP contribution in [-0.2, 0) is 14.3 Å². The number of benzene rings is 2. The molecule has 8 heterocycles. The third-order valence-corrected chi connectivity index (χ3v) is 17.0. The fourth-order valence-corrected chi connectivity index (χ4v) is 12.6. The number of likely N-dealkylation sites (tertiary alicyclic amines) is 2. The topological polar surface area (TPSA) is 222 Å². The van der Waals surface area contributed by atoms with Gasteiger partial charge in [-0.2, -0.15) is 0 Å². The van der Waals surface area contributed by atoms with E-state index in [0.717, 1.165) is 97.8 Å². The van der Waals surface area contributed by atoms with Gasteiger partial charge in [-0.25, -0.2) is 9.97 Å². The quantitative estimate of drug-likeness (QED) is 0.0752. The molecule has 1 aliphatic carbocycles. The molecule has 5 aliphatic rings. The molecule has 11 rings (SSSR count). The van der Waals surface area contributed by atoms with Crippen molar-refractivity contribution in [3.63, 3.8) is 0 Å². The minimum absolute atomic E-state index is 0.0541. The third-order valence-electron chi connectivity index (χ3n) is 16.0. The highest BCUT2D eigenvalue weighted by Crippen LogP contribution is 2.41. The number of piperazine rings is 1. The van der Waals surface area contributed by atoms with Gasteiger partial charge in [-0.3, -0.25) is 14.5 Å². The van der Waals surface area contributed by atoms with E-state index in [0.29, 0.717) is 41.0 Å². The molecule has 0 spiro atoms. The molecule has 6 aromatic rings.